The third-order valence-corrected chi connectivity index (χ3v) is 4.59. The molecule has 0 aliphatic carbocycles. The van der Waals surface area contributed by atoms with E-state index in [0.717, 1.165) is 24.8 Å². The summed E-state index contributed by atoms with van der Waals surface area (Å²) >= 11 is 0. The molecule has 2 aromatic rings. The highest BCUT2D eigenvalue weighted by Crippen LogP contribution is 2.19. The van der Waals surface area contributed by atoms with Crippen LogP contribution in [0.5, 0.6) is 0 Å². The van der Waals surface area contributed by atoms with Crippen molar-refractivity contribution in [2.45, 2.75) is 32.2 Å². The minimum absolute atomic E-state index is 0.292. The Hall–Kier alpha value is -2.69. The van der Waals surface area contributed by atoms with Gasteiger partial charge in [0.05, 0.1) is 0 Å². The summed E-state index contributed by atoms with van der Waals surface area (Å²) in [6.45, 7) is 3.09. The number of hydrogen-bond donors (Lipinski definition) is 0. The lowest BCUT2D eigenvalue weighted by molar-refractivity contribution is -0.134. The van der Waals surface area contributed by atoms with Gasteiger partial charge >= 0.3 is 0 Å². The molecule has 0 spiro atoms. The summed E-state index contributed by atoms with van der Waals surface area (Å²) in [5.74, 6) is -0.637. The molecule has 25 heavy (non-hydrogen) atoms. The Balaban J connectivity index is 2.03. The second-order valence-electron chi connectivity index (χ2n) is 6.47. The molecule has 1 aromatic heterocycles. The van der Waals surface area contributed by atoms with Gasteiger partial charge < -0.3 is 4.90 Å². The summed E-state index contributed by atoms with van der Waals surface area (Å²) in [5.41, 5.74) is 0.905. The van der Waals surface area contributed by atoms with Crippen LogP contribution in [0.3, 0.4) is 0 Å². The number of ketones is 1. The molecule has 1 atom stereocenters. The molecule has 0 unspecified atom stereocenters. The molecule has 130 valence electrons. The van der Waals surface area contributed by atoms with Crippen molar-refractivity contribution in [3.63, 3.8) is 0 Å². The highest BCUT2D eigenvalue weighted by Gasteiger charge is 2.34. The van der Waals surface area contributed by atoms with E-state index in [1.54, 1.807) is 41.4 Å². The van der Waals surface area contributed by atoms with Crippen molar-refractivity contribution in [3.8, 4) is 0 Å². The highest BCUT2D eigenvalue weighted by atomic mass is 16.2. The lowest BCUT2D eigenvalue weighted by Crippen LogP contribution is -2.45. The van der Waals surface area contributed by atoms with Gasteiger partial charge in [-0.2, -0.15) is 0 Å². The van der Waals surface area contributed by atoms with Gasteiger partial charge in [-0.05, 0) is 37.8 Å². The molecular formula is C20H22N2O3. The fourth-order valence-electron chi connectivity index (χ4n) is 3.21. The normalized spacial score (nSPS) is 15.6. The smallest absolute Gasteiger partial charge is 0.253 e. The molecule has 5 nitrogen and oxygen atoms in total. The molecule has 1 aliphatic heterocycles. The average Bonchev–Trinajstić information content (AvgIpc) is 2.65. The van der Waals surface area contributed by atoms with Crippen molar-refractivity contribution < 1.29 is 9.59 Å². The number of rotatable bonds is 4. The van der Waals surface area contributed by atoms with E-state index in [4.69, 9.17) is 0 Å². The van der Waals surface area contributed by atoms with E-state index in [9.17, 15) is 14.4 Å². The van der Waals surface area contributed by atoms with Gasteiger partial charge in [0.1, 0.15) is 0 Å². The van der Waals surface area contributed by atoms with Gasteiger partial charge in [-0.15, -0.1) is 0 Å². The Morgan fingerprint density at radius 2 is 1.68 bits per heavy atom. The molecule has 2 heterocycles. The van der Waals surface area contributed by atoms with E-state index < -0.39 is 6.04 Å². The van der Waals surface area contributed by atoms with Crippen LogP contribution in [0.2, 0.25) is 0 Å². The first-order chi connectivity index (χ1) is 12.1. The number of carbonyl (C=O) groups excluding carboxylic acids is 2. The predicted octanol–water partition coefficient (Wildman–Crippen LogP) is 2.59. The summed E-state index contributed by atoms with van der Waals surface area (Å²) in [4.78, 5) is 40.3. The van der Waals surface area contributed by atoms with Crippen LogP contribution in [0.15, 0.2) is 53.5 Å². The van der Waals surface area contributed by atoms with Gasteiger partial charge in [0.2, 0.25) is 0 Å². The number of likely N-dealkylation sites (tertiary alicyclic amines) is 1. The number of benzene rings is 1. The summed E-state index contributed by atoms with van der Waals surface area (Å²) < 4.78 is 1.26. The zero-order valence-electron chi connectivity index (χ0n) is 14.4. The van der Waals surface area contributed by atoms with Crippen LogP contribution in [0.25, 0.3) is 0 Å². The second kappa shape index (κ2) is 7.47. The Morgan fingerprint density at radius 3 is 2.32 bits per heavy atom. The number of aromatic nitrogens is 1. The van der Waals surface area contributed by atoms with Crippen LogP contribution in [-0.4, -0.2) is 34.2 Å². The topological polar surface area (TPSA) is 59.4 Å². The average molecular weight is 338 g/mol. The van der Waals surface area contributed by atoms with Crippen molar-refractivity contribution in [1.82, 2.24) is 9.47 Å². The van der Waals surface area contributed by atoms with E-state index >= 15 is 0 Å². The first-order valence-electron chi connectivity index (χ1n) is 8.65. The van der Waals surface area contributed by atoms with Crippen molar-refractivity contribution in [3.05, 3.63) is 70.1 Å². The largest absolute Gasteiger partial charge is 0.340 e. The molecule has 1 amide bonds. The minimum Gasteiger partial charge on any atom is -0.340 e. The molecule has 1 fully saturated rings. The van der Waals surface area contributed by atoms with Crippen molar-refractivity contribution in [2.24, 2.45) is 0 Å². The highest BCUT2D eigenvalue weighted by molar-refractivity contribution is 6.11. The molecule has 3 rings (SSSR count). The molecule has 0 bridgehead atoms. The van der Waals surface area contributed by atoms with Gasteiger partial charge in [0, 0.05) is 30.9 Å². The number of nitrogens with zero attached hydrogens (tertiary/aromatic N) is 2. The molecule has 1 aliphatic rings. The van der Waals surface area contributed by atoms with E-state index in [1.165, 1.54) is 10.6 Å². The maximum absolute atomic E-state index is 13.1. The lowest BCUT2D eigenvalue weighted by atomic mass is 10.0. The summed E-state index contributed by atoms with van der Waals surface area (Å²) in [5, 5.41) is 0. The van der Waals surface area contributed by atoms with Crippen molar-refractivity contribution >= 4 is 11.7 Å². The predicted molar refractivity (Wildman–Crippen MR) is 95.7 cm³/mol. The number of pyridine rings is 1. The number of aryl methyl sites for hydroxylation is 1. The summed E-state index contributed by atoms with van der Waals surface area (Å²) in [6, 6.07) is 10.7. The van der Waals surface area contributed by atoms with Crippen LogP contribution in [0.1, 0.15) is 41.2 Å². The SMILES string of the molecule is Cc1ccn([C@H](C(=O)c2ccccc2)C(=O)N2CCCCC2)c(=O)c1. The van der Waals surface area contributed by atoms with Gasteiger partial charge in [-0.1, -0.05) is 30.3 Å². The fourth-order valence-corrected chi connectivity index (χ4v) is 3.21. The molecule has 1 aromatic carbocycles. The molecule has 1 saturated heterocycles. The van der Waals surface area contributed by atoms with Crippen LogP contribution in [-0.2, 0) is 4.79 Å². The molecule has 5 heteroatoms. The van der Waals surface area contributed by atoms with Gasteiger partial charge in [-0.25, -0.2) is 0 Å². The molecular weight excluding hydrogens is 316 g/mol. The number of carbonyl (C=O) groups is 2. The molecule has 0 saturated carbocycles. The summed E-state index contributed by atoms with van der Waals surface area (Å²) in [6.07, 6.45) is 4.50. The Kier molecular flexibility index (Phi) is 5.12. The zero-order valence-corrected chi connectivity index (χ0v) is 14.4. The standard InChI is InChI=1S/C20H22N2O3/c1-15-10-13-22(17(23)14-15)18(19(24)16-8-4-2-5-9-16)20(25)21-11-6-3-7-12-21/h2,4-5,8-10,13-14,18H,3,6-7,11-12H2,1H3/t18-/m1/s1. The molecule has 0 N–H and O–H groups in total. The van der Waals surface area contributed by atoms with Gasteiger partial charge in [0.15, 0.2) is 11.8 Å². The van der Waals surface area contributed by atoms with E-state index in [0.29, 0.717) is 18.7 Å². The van der Waals surface area contributed by atoms with Crippen molar-refractivity contribution in [2.75, 3.05) is 13.1 Å². The van der Waals surface area contributed by atoms with Crippen LogP contribution >= 0.6 is 0 Å². The van der Waals surface area contributed by atoms with Crippen LogP contribution in [0, 0.1) is 6.92 Å². The Bertz CT molecular complexity index is 820. The van der Waals surface area contributed by atoms with Crippen LogP contribution in [0.4, 0.5) is 0 Å². The number of Topliss-reactive ketones (excluding diaryl/α,β-unsaturated/α-hetero) is 1. The monoisotopic (exact) mass is 338 g/mol. The van der Waals surface area contributed by atoms with E-state index in [-0.39, 0.29) is 17.2 Å². The second-order valence-corrected chi connectivity index (χ2v) is 6.47. The molecule has 0 radical (unpaired) electrons. The van der Waals surface area contributed by atoms with Gasteiger partial charge in [-0.3, -0.25) is 19.0 Å². The van der Waals surface area contributed by atoms with E-state index in [1.807, 2.05) is 13.0 Å². The third kappa shape index (κ3) is 3.71. The minimum atomic E-state index is -1.14. The maximum Gasteiger partial charge on any atom is 0.253 e. The fraction of sp³-hybridized carbons (Fsp3) is 0.350. The maximum atomic E-state index is 13.1. The first-order valence-corrected chi connectivity index (χ1v) is 8.65. The lowest BCUT2D eigenvalue weighted by Gasteiger charge is -2.30. The van der Waals surface area contributed by atoms with E-state index in [2.05, 4.69) is 0 Å². The van der Waals surface area contributed by atoms with Crippen LogP contribution < -0.4 is 5.56 Å². The number of amides is 1. The zero-order chi connectivity index (χ0) is 17.8. The number of piperidine rings is 1. The summed E-state index contributed by atoms with van der Waals surface area (Å²) in [7, 11) is 0. The third-order valence-electron chi connectivity index (χ3n) is 4.59. The van der Waals surface area contributed by atoms with Crippen molar-refractivity contribution in [1.29, 1.82) is 0 Å². The number of hydrogen-bond acceptors (Lipinski definition) is 3. The first kappa shape index (κ1) is 17.1. The van der Waals surface area contributed by atoms with Gasteiger partial charge in [0.25, 0.3) is 11.5 Å². The Labute approximate surface area is 146 Å². The quantitative estimate of drug-likeness (QED) is 0.636. The Morgan fingerprint density at radius 1 is 1.00 bits per heavy atom.